The number of aliphatic imine (C=N–C) groups is 1. The second-order valence-corrected chi connectivity index (χ2v) is 6.17. The summed E-state index contributed by atoms with van der Waals surface area (Å²) >= 11 is 0. The zero-order chi connectivity index (χ0) is 22.8. The van der Waals surface area contributed by atoms with Crippen molar-refractivity contribution < 1.29 is 28.2 Å². The summed E-state index contributed by atoms with van der Waals surface area (Å²) in [6.45, 7) is 0.330. The van der Waals surface area contributed by atoms with Crippen molar-refractivity contribution in [2.24, 2.45) is 10.7 Å². The number of halogens is 2. The molecule has 0 aliphatic carbocycles. The summed E-state index contributed by atoms with van der Waals surface area (Å²) in [6.07, 6.45) is 1.60. The Labute approximate surface area is 177 Å². The van der Waals surface area contributed by atoms with Crippen LogP contribution in [0.4, 0.5) is 14.5 Å². The van der Waals surface area contributed by atoms with Crippen LogP contribution in [0, 0.1) is 11.6 Å². The Bertz CT molecular complexity index is 971. The second kappa shape index (κ2) is 11.4. The van der Waals surface area contributed by atoms with E-state index >= 15 is 0 Å². The van der Waals surface area contributed by atoms with Gasteiger partial charge in [-0.25, -0.2) is 13.8 Å². The summed E-state index contributed by atoms with van der Waals surface area (Å²) in [5.74, 6) is -3.54. The van der Waals surface area contributed by atoms with Crippen molar-refractivity contribution in [2.75, 3.05) is 25.6 Å². The van der Waals surface area contributed by atoms with Crippen LogP contribution in [0.2, 0.25) is 0 Å². The lowest BCUT2D eigenvalue weighted by Crippen LogP contribution is -2.24. The van der Waals surface area contributed by atoms with Crippen LogP contribution in [0.15, 0.2) is 59.4 Å². The molecule has 0 aliphatic heterocycles. The number of nitrogens with zero attached hydrogens (tertiary/aromatic N) is 1. The summed E-state index contributed by atoms with van der Waals surface area (Å²) in [5.41, 5.74) is 5.33. The molecule has 0 saturated heterocycles. The molecule has 0 atom stereocenters. The van der Waals surface area contributed by atoms with Crippen LogP contribution in [0.3, 0.4) is 0 Å². The fraction of sp³-hybridized carbons (Fsp3) is 0.190. The zero-order valence-electron chi connectivity index (χ0n) is 16.7. The van der Waals surface area contributed by atoms with Crippen LogP contribution < -0.4 is 16.4 Å². The number of benzene rings is 2. The number of carbonyl (C=O) groups is 2. The van der Waals surface area contributed by atoms with E-state index in [4.69, 9.17) is 15.6 Å². The Morgan fingerprint density at radius 1 is 1.16 bits per heavy atom. The number of ether oxygens (including phenoxy) is 1. The summed E-state index contributed by atoms with van der Waals surface area (Å²) in [7, 11) is 1.15. The molecule has 2 aromatic rings. The van der Waals surface area contributed by atoms with Crippen molar-refractivity contribution in [2.45, 2.75) is 6.42 Å². The van der Waals surface area contributed by atoms with Crippen molar-refractivity contribution in [3.8, 4) is 0 Å². The van der Waals surface area contributed by atoms with Crippen LogP contribution in [0.5, 0.6) is 0 Å². The Morgan fingerprint density at radius 2 is 1.81 bits per heavy atom. The number of nitrogens with two attached hydrogens (primary N) is 1. The highest BCUT2D eigenvalue weighted by molar-refractivity contribution is 6.00. The Morgan fingerprint density at radius 3 is 2.35 bits per heavy atom. The lowest BCUT2D eigenvalue weighted by molar-refractivity contribution is -0.114. The Kier molecular flexibility index (Phi) is 8.64. The van der Waals surface area contributed by atoms with Gasteiger partial charge in [0.25, 0.3) is 11.8 Å². The third-order valence-electron chi connectivity index (χ3n) is 3.99. The van der Waals surface area contributed by atoms with E-state index in [-0.39, 0.29) is 18.2 Å². The van der Waals surface area contributed by atoms with Gasteiger partial charge in [0.2, 0.25) is 5.90 Å². The largest absolute Gasteiger partial charge is 0.480 e. The molecule has 0 spiro atoms. The van der Waals surface area contributed by atoms with Gasteiger partial charge in [0.05, 0.1) is 7.11 Å². The minimum atomic E-state index is -0.960. The van der Waals surface area contributed by atoms with Crippen molar-refractivity contribution >= 4 is 23.4 Å². The molecule has 0 radical (unpaired) electrons. The van der Waals surface area contributed by atoms with Crippen LogP contribution in [0.25, 0.3) is 0 Å². The van der Waals surface area contributed by atoms with Gasteiger partial charge in [0.1, 0.15) is 22.9 Å². The van der Waals surface area contributed by atoms with E-state index in [0.29, 0.717) is 24.2 Å². The molecule has 0 bridgehead atoms. The molecule has 5 N–H and O–H groups in total. The van der Waals surface area contributed by atoms with Crippen LogP contribution >= 0.6 is 0 Å². The Hall–Kier alpha value is -3.79. The average molecular weight is 432 g/mol. The summed E-state index contributed by atoms with van der Waals surface area (Å²) in [4.78, 5) is 27.5. The van der Waals surface area contributed by atoms with E-state index in [1.807, 2.05) is 0 Å². The maximum absolute atomic E-state index is 14.0. The molecule has 0 aromatic heterocycles. The molecule has 0 heterocycles. The second-order valence-electron chi connectivity index (χ2n) is 6.17. The van der Waals surface area contributed by atoms with Crippen molar-refractivity contribution in [1.82, 2.24) is 5.32 Å². The number of aliphatic hydroxyl groups excluding tert-OH is 1. The number of rotatable bonds is 9. The highest BCUT2D eigenvalue weighted by Crippen LogP contribution is 2.16. The highest BCUT2D eigenvalue weighted by atomic mass is 19.1. The number of hydrogen-bond acceptors (Lipinski definition) is 6. The number of methoxy groups -OCH3 is 1. The first kappa shape index (κ1) is 23.5. The standard InChI is InChI=1S/C21H22F2N4O4/c1-31-21(18-15(22)4-2-5-16(18)23)27-17(19(24)29)12-26-14-8-6-13(7-9-14)20(30)25-10-3-11-28/h2,4-9,12,26,28H,3,10-11H2,1H3,(H2,24,29)(H,25,30)/b17-12+,27-21?. The number of anilines is 1. The molecular weight excluding hydrogens is 410 g/mol. The van der Waals surface area contributed by atoms with Gasteiger partial charge in [-0.05, 0) is 42.8 Å². The van der Waals surface area contributed by atoms with E-state index in [2.05, 4.69) is 15.6 Å². The van der Waals surface area contributed by atoms with Gasteiger partial charge in [0.15, 0.2) is 0 Å². The molecule has 0 saturated carbocycles. The fourth-order valence-corrected chi connectivity index (χ4v) is 2.43. The minimum Gasteiger partial charge on any atom is -0.480 e. The first-order valence-electron chi connectivity index (χ1n) is 9.20. The highest BCUT2D eigenvalue weighted by Gasteiger charge is 2.17. The topological polar surface area (TPSA) is 126 Å². The van der Waals surface area contributed by atoms with Gasteiger partial charge in [-0.1, -0.05) is 6.07 Å². The van der Waals surface area contributed by atoms with Gasteiger partial charge >= 0.3 is 0 Å². The summed E-state index contributed by atoms with van der Waals surface area (Å²) < 4.78 is 32.9. The van der Waals surface area contributed by atoms with Gasteiger partial charge in [-0.2, -0.15) is 0 Å². The lowest BCUT2D eigenvalue weighted by Gasteiger charge is -2.09. The Balaban J connectivity index is 2.20. The number of amides is 2. The van der Waals surface area contributed by atoms with Crippen molar-refractivity contribution in [3.05, 3.63) is 77.1 Å². The van der Waals surface area contributed by atoms with Gasteiger partial charge in [-0.3, -0.25) is 9.59 Å². The molecule has 2 amide bonds. The van der Waals surface area contributed by atoms with Crippen LogP contribution in [-0.2, 0) is 9.53 Å². The molecule has 8 nitrogen and oxygen atoms in total. The first-order valence-corrected chi connectivity index (χ1v) is 9.20. The summed E-state index contributed by atoms with van der Waals surface area (Å²) in [6, 6.07) is 9.49. The predicted molar refractivity (Wildman–Crippen MR) is 111 cm³/mol. The number of primary amides is 1. The monoisotopic (exact) mass is 432 g/mol. The van der Waals surface area contributed by atoms with Crippen molar-refractivity contribution in [3.63, 3.8) is 0 Å². The number of hydrogen-bond donors (Lipinski definition) is 4. The maximum Gasteiger partial charge on any atom is 0.268 e. The molecule has 0 aliphatic rings. The molecule has 0 fully saturated rings. The number of nitrogens with one attached hydrogen (secondary N) is 2. The van der Waals surface area contributed by atoms with E-state index in [1.165, 1.54) is 6.07 Å². The third-order valence-corrected chi connectivity index (χ3v) is 3.99. The predicted octanol–water partition coefficient (Wildman–Crippen LogP) is 1.91. The first-order chi connectivity index (χ1) is 14.9. The van der Waals surface area contributed by atoms with Gasteiger partial charge in [-0.15, -0.1) is 0 Å². The molecule has 0 unspecified atom stereocenters. The van der Waals surface area contributed by atoms with E-state index in [9.17, 15) is 18.4 Å². The van der Waals surface area contributed by atoms with Gasteiger partial charge in [0, 0.05) is 30.6 Å². The SMILES string of the molecule is COC(=N/C(=C/Nc1ccc(C(=O)NCCCO)cc1)C(N)=O)c1c(F)cccc1F. The van der Waals surface area contributed by atoms with Crippen LogP contribution in [-0.4, -0.2) is 43.1 Å². The average Bonchev–Trinajstić information content (AvgIpc) is 2.75. The quantitative estimate of drug-likeness (QED) is 0.208. The van der Waals surface area contributed by atoms with E-state index in [0.717, 1.165) is 25.4 Å². The minimum absolute atomic E-state index is 0.0194. The smallest absolute Gasteiger partial charge is 0.268 e. The van der Waals surface area contributed by atoms with E-state index < -0.39 is 29.0 Å². The molecular formula is C21H22F2N4O4. The lowest BCUT2D eigenvalue weighted by atomic mass is 10.2. The van der Waals surface area contributed by atoms with Gasteiger partial charge < -0.3 is 26.2 Å². The molecule has 164 valence electrons. The van der Waals surface area contributed by atoms with Crippen molar-refractivity contribution in [1.29, 1.82) is 0 Å². The van der Waals surface area contributed by atoms with Crippen LogP contribution in [0.1, 0.15) is 22.3 Å². The summed E-state index contributed by atoms with van der Waals surface area (Å²) in [5, 5.41) is 14.2. The maximum atomic E-state index is 14.0. The molecule has 2 rings (SSSR count). The third kappa shape index (κ3) is 6.61. The number of aliphatic hydroxyl groups is 1. The zero-order valence-corrected chi connectivity index (χ0v) is 16.7. The molecule has 2 aromatic carbocycles. The number of carbonyl (C=O) groups excluding carboxylic acids is 2. The van der Waals surface area contributed by atoms with E-state index in [1.54, 1.807) is 24.3 Å². The fourth-order valence-electron chi connectivity index (χ4n) is 2.43. The molecule has 10 heteroatoms. The molecule has 31 heavy (non-hydrogen) atoms. The normalized spacial score (nSPS) is 11.7.